The highest BCUT2D eigenvalue weighted by molar-refractivity contribution is 5.66. The maximum atomic E-state index is 13.6. The highest BCUT2D eigenvalue weighted by atomic mass is 19.1. The summed E-state index contributed by atoms with van der Waals surface area (Å²) in [5.74, 6) is -0.0712. The van der Waals surface area contributed by atoms with E-state index in [2.05, 4.69) is 6.08 Å². The molecule has 0 spiro atoms. The molecule has 0 saturated heterocycles. The van der Waals surface area contributed by atoms with Gasteiger partial charge in [-0.05, 0) is 49.8 Å². The second-order valence-corrected chi connectivity index (χ2v) is 3.96. The molecule has 1 heteroatoms. The standard InChI is InChI=1S/C13H15F/c1-10-7-8-12(13(14)9-10)11-5-3-2-4-6-11/h5,7-9H,2-4,6H2,1H3. The molecule has 2 rings (SSSR count). The number of allylic oxidation sites excluding steroid dienone is 2. The first kappa shape index (κ1) is 9.45. The Labute approximate surface area is 84.5 Å². The van der Waals surface area contributed by atoms with Gasteiger partial charge in [-0.15, -0.1) is 0 Å². The predicted molar refractivity (Wildman–Crippen MR) is 57.6 cm³/mol. The Morgan fingerprint density at radius 2 is 2.07 bits per heavy atom. The summed E-state index contributed by atoms with van der Waals surface area (Å²) in [6.07, 6.45) is 6.75. The Kier molecular flexibility index (Phi) is 2.67. The van der Waals surface area contributed by atoms with Crippen molar-refractivity contribution in [2.75, 3.05) is 0 Å². The summed E-state index contributed by atoms with van der Waals surface area (Å²) in [6.45, 7) is 1.92. The van der Waals surface area contributed by atoms with Crippen LogP contribution in [0, 0.1) is 12.7 Å². The van der Waals surface area contributed by atoms with E-state index in [4.69, 9.17) is 0 Å². The molecule has 1 aromatic carbocycles. The second kappa shape index (κ2) is 3.95. The molecule has 1 aromatic rings. The maximum Gasteiger partial charge on any atom is 0.130 e. The smallest absolute Gasteiger partial charge is 0.130 e. The zero-order chi connectivity index (χ0) is 9.97. The van der Waals surface area contributed by atoms with E-state index in [1.807, 2.05) is 19.1 Å². The molecule has 0 N–H and O–H groups in total. The molecule has 1 aliphatic rings. The van der Waals surface area contributed by atoms with Crippen LogP contribution in [0.2, 0.25) is 0 Å². The van der Waals surface area contributed by atoms with Gasteiger partial charge in [0.1, 0.15) is 5.82 Å². The monoisotopic (exact) mass is 190 g/mol. The number of halogens is 1. The summed E-state index contributed by atoms with van der Waals surface area (Å²) in [6, 6.07) is 5.50. The molecular weight excluding hydrogens is 175 g/mol. The van der Waals surface area contributed by atoms with E-state index in [1.54, 1.807) is 6.07 Å². The van der Waals surface area contributed by atoms with Crippen LogP contribution in [0.3, 0.4) is 0 Å². The normalized spacial score (nSPS) is 16.6. The average Bonchev–Trinajstić information content (AvgIpc) is 2.19. The fourth-order valence-electron chi connectivity index (χ4n) is 1.96. The summed E-state index contributed by atoms with van der Waals surface area (Å²) in [7, 11) is 0. The van der Waals surface area contributed by atoms with E-state index in [-0.39, 0.29) is 5.82 Å². The van der Waals surface area contributed by atoms with Gasteiger partial charge in [0, 0.05) is 5.56 Å². The minimum atomic E-state index is -0.0712. The highest BCUT2D eigenvalue weighted by Crippen LogP contribution is 2.28. The Morgan fingerprint density at radius 1 is 1.21 bits per heavy atom. The van der Waals surface area contributed by atoms with E-state index in [1.165, 1.54) is 18.4 Å². The Balaban J connectivity index is 2.35. The highest BCUT2D eigenvalue weighted by Gasteiger charge is 2.10. The lowest BCUT2D eigenvalue weighted by molar-refractivity contribution is 0.619. The van der Waals surface area contributed by atoms with Crippen molar-refractivity contribution in [2.45, 2.75) is 32.6 Å². The van der Waals surface area contributed by atoms with Gasteiger partial charge < -0.3 is 0 Å². The number of benzene rings is 1. The number of rotatable bonds is 1. The number of hydrogen-bond donors (Lipinski definition) is 0. The van der Waals surface area contributed by atoms with Crippen molar-refractivity contribution in [2.24, 2.45) is 0 Å². The summed E-state index contributed by atoms with van der Waals surface area (Å²) in [5.41, 5.74) is 2.98. The van der Waals surface area contributed by atoms with E-state index in [0.717, 1.165) is 24.0 Å². The largest absolute Gasteiger partial charge is 0.206 e. The molecule has 0 bridgehead atoms. The third-order valence-corrected chi connectivity index (χ3v) is 2.76. The van der Waals surface area contributed by atoms with Crippen molar-refractivity contribution in [3.05, 3.63) is 41.2 Å². The van der Waals surface area contributed by atoms with Crippen molar-refractivity contribution < 1.29 is 4.39 Å². The Morgan fingerprint density at radius 3 is 2.71 bits per heavy atom. The number of aryl methyl sites for hydroxylation is 1. The minimum absolute atomic E-state index is 0.0712. The van der Waals surface area contributed by atoms with Gasteiger partial charge in [-0.1, -0.05) is 18.2 Å². The van der Waals surface area contributed by atoms with E-state index in [0.29, 0.717) is 0 Å². The molecule has 0 heterocycles. The van der Waals surface area contributed by atoms with Crippen LogP contribution < -0.4 is 0 Å². The Bertz CT molecular complexity index is 363. The van der Waals surface area contributed by atoms with E-state index >= 15 is 0 Å². The van der Waals surface area contributed by atoms with Gasteiger partial charge >= 0.3 is 0 Å². The van der Waals surface area contributed by atoms with Crippen LogP contribution in [0.4, 0.5) is 4.39 Å². The van der Waals surface area contributed by atoms with Crippen molar-refractivity contribution in [1.29, 1.82) is 0 Å². The second-order valence-electron chi connectivity index (χ2n) is 3.96. The van der Waals surface area contributed by atoms with Gasteiger partial charge in [0.05, 0.1) is 0 Å². The summed E-state index contributed by atoms with van der Waals surface area (Å²) in [4.78, 5) is 0. The molecule has 0 amide bonds. The van der Waals surface area contributed by atoms with Crippen LogP contribution >= 0.6 is 0 Å². The van der Waals surface area contributed by atoms with E-state index < -0.39 is 0 Å². The minimum Gasteiger partial charge on any atom is -0.206 e. The van der Waals surface area contributed by atoms with E-state index in [9.17, 15) is 4.39 Å². The fraction of sp³-hybridized carbons (Fsp3) is 0.385. The lowest BCUT2D eigenvalue weighted by Gasteiger charge is -2.13. The lowest BCUT2D eigenvalue weighted by atomic mass is 9.93. The molecule has 0 fully saturated rings. The van der Waals surface area contributed by atoms with Crippen LogP contribution in [-0.2, 0) is 0 Å². The molecule has 1 aliphatic carbocycles. The third kappa shape index (κ3) is 1.87. The zero-order valence-electron chi connectivity index (χ0n) is 8.52. The van der Waals surface area contributed by atoms with Crippen molar-refractivity contribution >= 4 is 5.57 Å². The van der Waals surface area contributed by atoms with Gasteiger partial charge in [0.15, 0.2) is 0 Å². The molecule has 14 heavy (non-hydrogen) atoms. The van der Waals surface area contributed by atoms with Crippen molar-refractivity contribution in [3.8, 4) is 0 Å². The van der Waals surface area contributed by atoms with Gasteiger partial charge in [0.25, 0.3) is 0 Å². The van der Waals surface area contributed by atoms with Crippen molar-refractivity contribution in [1.82, 2.24) is 0 Å². The summed E-state index contributed by atoms with van der Waals surface area (Å²) >= 11 is 0. The fourth-order valence-corrected chi connectivity index (χ4v) is 1.96. The topological polar surface area (TPSA) is 0 Å². The molecule has 0 aromatic heterocycles. The molecule has 0 saturated carbocycles. The molecule has 0 unspecified atom stereocenters. The average molecular weight is 190 g/mol. The lowest BCUT2D eigenvalue weighted by Crippen LogP contribution is -1.95. The molecule has 0 atom stereocenters. The van der Waals surface area contributed by atoms with Gasteiger partial charge in [-0.25, -0.2) is 4.39 Å². The van der Waals surface area contributed by atoms with Crippen LogP contribution in [-0.4, -0.2) is 0 Å². The summed E-state index contributed by atoms with van der Waals surface area (Å²) in [5, 5.41) is 0. The SMILES string of the molecule is Cc1ccc(C2=CCCCC2)c(F)c1. The van der Waals surface area contributed by atoms with Gasteiger partial charge in [0.2, 0.25) is 0 Å². The molecular formula is C13H15F. The maximum absolute atomic E-state index is 13.6. The molecule has 0 radical (unpaired) electrons. The third-order valence-electron chi connectivity index (χ3n) is 2.76. The quantitative estimate of drug-likeness (QED) is 0.625. The molecule has 74 valence electrons. The first-order chi connectivity index (χ1) is 6.77. The molecule has 0 nitrogen and oxygen atoms in total. The van der Waals surface area contributed by atoms with Crippen molar-refractivity contribution in [3.63, 3.8) is 0 Å². The van der Waals surface area contributed by atoms with Crippen LogP contribution in [0.25, 0.3) is 5.57 Å². The molecule has 0 aliphatic heterocycles. The first-order valence-electron chi connectivity index (χ1n) is 5.23. The zero-order valence-corrected chi connectivity index (χ0v) is 8.52. The Hall–Kier alpha value is -1.11. The van der Waals surface area contributed by atoms with Crippen LogP contribution in [0.15, 0.2) is 24.3 Å². The summed E-state index contributed by atoms with van der Waals surface area (Å²) < 4.78 is 13.6. The van der Waals surface area contributed by atoms with Crippen LogP contribution in [0.1, 0.15) is 36.8 Å². The van der Waals surface area contributed by atoms with Gasteiger partial charge in [-0.2, -0.15) is 0 Å². The van der Waals surface area contributed by atoms with Gasteiger partial charge in [-0.3, -0.25) is 0 Å². The predicted octanol–water partition coefficient (Wildman–Crippen LogP) is 4.09. The van der Waals surface area contributed by atoms with Crippen LogP contribution in [0.5, 0.6) is 0 Å². The first-order valence-corrected chi connectivity index (χ1v) is 5.23. The number of hydrogen-bond acceptors (Lipinski definition) is 0.